The maximum absolute atomic E-state index is 5.65. The van der Waals surface area contributed by atoms with E-state index in [1.54, 1.807) is 11.3 Å². The number of anilines is 1. The molecule has 3 N–H and O–H groups in total. The summed E-state index contributed by atoms with van der Waals surface area (Å²) in [5.41, 5.74) is 3.93. The Bertz CT molecular complexity index is 634. The fourth-order valence-electron chi connectivity index (χ4n) is 2.62. The number of rotatable bonds is 3. The van der Waals surface area contributed by atoms with E-state index >= 15 is 0 Å². The van der Waals surface area contributed by atoms with E-state index in [1.807, 2.05) is 0 Å². The van der Waals surface area contributed by atoms with Crippen molar-refractivity contribution in [2.45, 2.75) is 26.8 Å². The molecule has 0 radical (unpaired) electrons. The number of thiophene rings is 1. The number of hydrogen-bond donors (Lipinski definition) is 2. The highest BCUT2D eigenvalue weighted by molar-refractivity contribution is 7.18. The van der Waals surface area contributed by atoms with E-state index in [2.05, 4.69) is 29.2 Å². The van der Waals surface area contributed by atoms with Crippen molar-refractivity contribution in [2.24, 2.45) is 5.84 Å². The number of hydrazine groups is 1. The molecule has 0 aromatic carbocycles. The van der Waals surface area contributed by atoms with Crippen LogP contribution in [-0.2, 0) is 11.3 Å². The van der Waals surface area contributed by atoms with Crippen molar-refractivity contribution in [3.05, 3.63) is 16.3 Å². The predicted molar refractivity (Wildman–Crippen MR) is 85.4 cm³/mol. The molecule has 1 fully saturated rings. The minimum atomic E-state index is 0.725. The van der Waals surface area contributed by atoms with Gasteiger partial charge in [0.15, 0.2) is 5.82 Å². The Morgan fingerprint density at radius 3 is 2.95 bits per heavy atom. The maximum Gasteiger partial charge on any atom is 0.152 e. The van der Waals surface area contributed by atoms with E-state index in [0.717, 1.165) is 61.1 Å². The van der Waals surface area contributed by atoms with Gasteiger partial charge >= 0.3 is 0 Å². The Morgan fingerprint density at radius 2 is 2.14 bits per heavy atom. The first kappa shape index (κ1) is 14.6. The zero-order valence-corrected chi connectivity index (χ0v) is 13.3. The van der Waals surface area contributed by atoms with Gasteiger partial charge in [0.2, 0.25) is 0 Å². The molecule has 0 atom stereocenters. The molecule has 0 unspecified atom stereocenters. The van der Waals surface area contributed by atoms with E-state index in [1.165, 1.54) is 10.4 Å². The number of hydrogen-bond acceptors (Lipinski definition) is 7. The van der Waals surface area contributed by atoms with Crippen LogP contribution in [0.4, 0.5) is 5.82 Å². The molecule has 0 saturated carbocycles. The number of nitrogen functional groups attached to an aromatic ring is 1. The summed E-state index contributed by atoms with van der Waals surface area (Å²) in [5, 5.41) is 1.04. The van der Waals surface area contributed by atoms with E-state index in [-0.39, 0.29) is 0 Å². The lowest BCUT2D eigenvalue weighted by molar-refractivity contribution is 0.140. The molecule has 0 aliphatic carbocycles. The maximum atomic E-state index is 5.65. The van der Waals surface area contributed by atoms with Gasteiger partial charge in [-0.25, -0.2) is 15.8 Å². The quantitative estimate of drug-likeness (QED) is 0.665. The van der Waals surface area contributed by atoms with Crippen molar-refractivity contribution < 1.29 is 4.74 Å². The third-order valence-corrected chi connectivity index (χ3v) is 4.99. The molecule has 3 heterocycles. The Balaban J connectivity index is 1.92. The van der Waals surface area contributed by atoms with Gasteiger partial charge in [0.25, 0.3) is 0 Å². The number of nitrogens with two attached hydrogens (primary N) is 1. The van der Waals surface area contributed by atoms with Gasteiger partial charge in [-0.3, -0.25) is 4.90 Å². The number of aromatic nitrogens is 2. The molecule has 7 heteroatoms. The van der Waals surface area contributed by atoms with Crippen molar-refractivity contribution in [1.82, 2.24) is 14.9 Å². The first-order valence-electron chi connectivity index (χ1n) is 7.22. The normalized spacial score (nSPS) is 17.1. The van der Waals surface area contributed by atoms with Crippen LogP contribution in [0.5, 0.6) is 0 Å². The van der Waals surface area contributed by atoms with Crippen molar-refractivity contribution in [3.8, 4) is 0 Å². The summed E-state index contributed by atoms with van der Waals surface area (Å²) in [6.45, 7) is 8.50. The number of fused-ring (bicyclic) bond motifs is 1. The summed E-state index contributed by atoms with van der Waals surface area (Å²) >= 11 is 1.70. The van der Waals surface area contributed by atoms with Crippen LogP contribution in [0.25, 0.3) is 10.2 Å². The summed E-state index contributed by atoms with van der Waals surface area (Å²) in [7, 11) is 0. The zero-order chi connectivity index (χ0) is 14.8. The summed E-state index contributed by atoms with van der Waals surface area (Å²) in [4.78, 5) is 13.9. The van der Waals surface area contributed by atoms with Crippen molar-refractivity contribution in [1.29, 1.82) is 0 Å². The first-order chi connectivity index (χ1) is 10.2. The van der Waals surface area contributed by atoms with E-state index < -0.39 is 0 Å². The van der Waals surface area contributed by atoms with Gasteiger partial charge in [-0.1, -0.05) is 0 Å². The van der Waals surface area contributed by atoms with Crippen LogP contribution in [0.2, 0.25) is 0 Å². The SMILES string of the molecule is Cc1sc2nc(CN3CCCOCC3)nc(NN)c2c1C. The third-order valence-electron chi connectivity index (χ3n) is 3.89. The van der Waals surface area contributed by atoms with E-state index in [4.69, 9.17) is 15.6 Å². The molecule has 1 saturated heterocycles. The van der Waals surface area contributed by atoms with E-state index in [9.17, 15) is 0 Å². The highest BCUT2D eigenvalue weighted by Crippen LogP contribution is 2.32. The fraction of sp³-hybridized carbons (Fsp3) is 0.571. The number of aryl methyl sites for hydroxylation is 2. The molecule has 2 aromatic heterocycles. The molecule has 2 aromatic rings. The van der Waals surface area contributed by atoms with Crippen LogP contribution in [-0.4, -0.2) is 41.2 Å². The number of ether oxygens (including phenoxy) is 1. The standard InChI is InChI=1S/C14H21N5OS/c1-9-10(2)21-14-12(9)13(18-15)16-11(17-14)8-19-4-3-6-20-7-5-19/h3-8,15H2,1-2H3,(H,16,17,18). The fourth-order valence-corrected chi connectivity index (χ4v) is 3.67. The zero-order valence-electron chi connectivity index (χ0n) is 12.5. The van der Waals surface area contributed by atoms with Crippen LogP contribution < -0.4 is 11.3 Å². The number of nitrogens with zero attached hydrogens (tertiary/aromatic N) is 3. The summed E-state index contributed by atoms with van der Waals surface area (Å²) in [6, 6.07) is 0. The van der Waals surface area contributed by atoms with Crippen LogP contribution in [0.15, 0.2) is 0 Å². The average molecular weight is 307 g/mol. The van der Waals surface area contributed by atoms with Crippen molar-refractivity contribution in [2.75, 3.05) is 31.7 Å². The molecule has 1 aliphatic rings. The molecule has 1 aliphatic heterocycles. The lowest BCUT2D eigenvalue weighted by Crippen LogP contribution is -2.27. The van der Waals surface area contributed by atoms with Gasteiger partial charge in [0.1, 0.15) is 10.7 Å². The largest absolute Gasteiger partial charge is 0.380 e. The minimum Gasteiger partial charge on any atom is -0.380 e. The van der Waals surface area contributed by atoms with E-state index in [0.29, 0.717) is 0 Å². The second-order valence-corrected chi connectivity index (χ2v) is 6.54. The average Bonchev–Trinajstić information content (AvgIpc) is 2.68. The molecule has 0 spiro atoms. The molecule has 3 rings (SSSR count). The predicted octanol–water partition coefficient (Wildman–Crippen LogP) is 1.82. The van der Waals surface area contributed by atoms with Gasteiger partial charge < -0.3 is 10.2 Å². The van der Waals surface area contributed by atoms with Gasteiger partial charge in [0, 0.05) is 24.6 Å². The van der Waals surface area contributed by atoms with Crippen LogP contribution >= 0.6 is 11.3 Å². The Kier molecular flexibility index (Phi) is 4.34. The molecule has 114 valence electrons. The molecular weight excluding hydrogens is 286 g/mol. The van der Waals surface area contributed by atoms with Gasteiger partial charge in [-0.2, -0.15) is 0 Å². The smallest absolute Gasteiger partial charge is 0.152 e. The van der Waals surface area contributed by atoms with Crippen LogP contribution in [0.1, 0.15) is 22.7 Å². The first-order valence-corrected chi connectivity index (χ1v) is 8.04. The summed E-state index contributed by atoms with van der Waals surface area (Å²) < 4.78 is 5.48. The highest BCUT2D eigenvalue weighted by Gasteiger charge is 2.16. The lowest BCUT2D eigenvalue weighted by Gasteiger charge is -2.18. The summed E-state index contributed by atoms with van der Waals surface area (Å²) in [5.74, 6) is 7.19. The number of nitrogens with one attached hydrogen (secondary N) is 1. The molecular formula is C14H21N5OS. The third kappa shape index (κ3) is 3.01. The second-order valence-electron chi connectivity index (χ2n) is 5.34. The topological polar surface area (TPSA) is 76.3 Å². The van der Waals surface area contributed by atoms with Crippen molar-refractivity contribution in [3.63, 3.8) is 0 Å². The van der Waals surface area contributed by atoms with Crippen LogP contribution in [0, 0.1) is 13.8 Å². The Morgan fingerprint density at radius 1 is 1.29 bits per heavy atom. The molecule has 6 nitrogen and oxygen atoms in total. The highest BCUT2D eigenvalue weighted by atomic mass is 32.1. The molecule has 21 heavy (non-hydrogen) atoms. The lowest BCUT2D eigenvalue weighted by atomic mass is 10.2. The van der Waals surface area contributed by atoms with Gasteiger partial charge in [-0.15, -0.1) is 11.3 Å². The van der Waals surface area contributed by atoms with Crippen molar-refractivity contribution >= 4 is 27.4 Å². The van der Waals surface area contributed by atoms with Gasteiger partial charge in [0.05, 0.1) is 18.5 Å². The van der Waals surface area contributed by atoms with Crippen LogP contribution in [0.3, 0.4) is 0 Å². The van der Waals surface area contributed by atoms with Gasteiger partial charge in [-0.05, 0) is 25.8 Å². The second kappa shape index (κ2) is 6.23. The Labute approximate surface area is 128 Å². The summed E-state index contributed by atoms with van der Waals surface area (Å²) in [6.07, 6.45) is 1.06. The molecule has 0 bridgehead atoms. The monoisotopic (exact) mass is 307 g/mol. The minimum absolute atomic E-state index is 0.725. The Hall–Kier alpha value is -1.28. The molecule has 0 amide bonds.